The molecule has 0 bridgehead atoms. The number of pyridine rings is 1. The van der Waals surface area contributed by atoms with Crippen LogP contribution in [0.25, 0.3) is 6.08 Å². The maximum absolute atomic E-state index is 10.7. The summed E-state index contributed by atoms with van der Waals surface area (Å²) in [4.78, 5) is 24.2. The minimum absolute atomic E-state index is 0.0572. The summed E-state index contributed by atoms with van der Waals surface area (Å²) >= 11 is 1.22. The number of aromatic nitrogens is 1. The number of carbonyl (C=O) groups excluding carboxylic acids is 1. The van der Waals surface area contributed by atoms with Crippen molar-refractivity contribution >= 4 is 28.8 Å². The second-order valence-corrected chi connectivity index (χ2v) is 4.64. The van der Waals surface area contributed by atoms with Gasteiger partial charge in [-0.3, -0.25) is 4.79 Å². The summed E-state index contributed by atoms with van der Waals surface area (Å²) in [5.41, 5.74) is 0.396. The normalized spacial score (nSPS) is 10.7. The molecule has 0 aliphatic heterocycles. The zero-order valence-corrected chi connectivity index (χ0v) is 10.5. The predicted octanol–water partition coefficient (Wildman–Crippen LogP) is 2.38. The number of nitro groups is 1. The largest absolute Gasteiger partial charge is 0.501 e. The van der Waals surface area contributed by atoms with Crippen molar-refractivity contribution in [2.75, 3.05) is 5.75 Å². The Kier molecular flexibility index (Phi) is 5.31. The second kappa shape index (κ2) is 6.75. The first kappa shape index (κ1) is 14.2. The highest BCUT2D eigenvalue weighted by Gasteiger charge is 2.15. The molecule has 0 aromatic carbocycles. The molecule has 6 nitrogen and oxygen atoms in total. The van der Waals surface area contributed by atoms with Crippen LogP contribution < -0.4 is 0 Å². The molecule has 0 atom stereocenters. The van der Waals surface area contributed by atoms with E-state index in [4.69, 9.17) is 0 Å². The number of carbonyl (C=O) groups is 1. The molecule has 0 radical (unpaired) electrons. The van der Waals surface area contributed by atoms with E-state index in [9.17, 15) is 20.0 Å². The van der Waals surface area contributed by atoms with Crippen LogP contribution in [0.1, 0.15) is 19.0 Å². The lowest BCUT2D eigenvalue weighted by Gasteiger charge is -1.95. The summed E-state index contributed by atoms with van der Waals surface area (Å²) in [6.07, 6.45) is 4.06. The molecule has 0 spiro atoms. The lowest BCUT2D eigenvalue weighted by molar-refractivity contribution is -0.390. The molecule has 1 rings (SSSR count). The predicted molar refractivity (Wildman–Crippen MR) is 69.3 cm³/mol. The molecule has 0 amide bonds. The molecule has 0 saturated carbocycles. The van der Waals surface area contributed by atoms with Crippen molar-refractivity contribution in [3.05, 3.63) is 34.0 Å². The zero-order valence-electron chi connectivity index (χ0n) is 9.70. The third kappa shape index (κ3) is 4.54. The van der Waals surface area contributed by atoms with Gasteiger partial charge in [0.05, 0.1) is 0 Å². The molecule has 0 saturated heterocycles. The SMILES string of the molecule is CC(=O)SCCC=Cc1ccc(O)c([N+](=O)[O-])n1. The first-order valence-electron chi connectivity index (χ1n) is 5.15. The third-order valence-electron chi connectivity index (χ3n) is 1.93. The summed E-state index contributed by atoms with van der Waals surface area (Å²) in [7, 11) is 0. The Balaban J connectivity index is 2.62. The first-order valence-corrected chi connectivity index (χ1v) is 6.13. The van der Waals surface area contributed by atoms with Crippen molar-refractivity contribution in [1.29, 1.82) is 0 Å². The minimum atomic E-state index is -0.738. The Morgan fingerprint density at radius 1 is 1.61 bits per heavy atom. The van der Waals surface area contributed by atoms with Gasteiger partial charge in [0.1, 0.15) is 0 Å². The van der Waals surface area contributed by atoms with E-state index in [1.165, 1.54) is 30.8 Å². The number of rotatable bonds is 5. The Morgan fingerprint density at radius 3 is 2.94 bits per heavy atom. The van der Waals surface area contributed by atoms with E-state index in [1.807, 2.05) is 0 Å². The Morgan fingerprint density at radius 2 is 2.33 bits per heavy atom. The highest BCUT2D eigenvalue weighted by Crippen LogP contribution is 2.22. The highest BCUT2D eigenvalue weighted by molar-refractivity contribution is 8.13. The van der Waals surface area contributed by atoms with Gasteiger partial charge in [0, 0.05) is 12.7 Å². The lowest BCUT2D eigenvalue weighted by atomic mass is 10.3. The third-order valence-corrected chi connectivity index (χ3v) is 2.77. The molecule has 1 heterocycles. The lowest BCUT2D eigenvalue weighted by Crippen LogP contribution is -1.94. The molecule has 18 heavy (non-hydrogen) atoms. The molecule has 0 unspecified atom stereocenters. The van der Waals surface area contributed by atoms with E-state index >= 15 is 0 Å². The monoisotopic (exact) mass is 268 g/mol. The van der Waals surface area contributed by atoms with Crippen molar-refractivity contribution in [3.63, 3.8) is 0 Å². The van der Waals surface area contributed by atoms with Crippen LogP contribution in [-0.2, 0) is 4.79 Å². The van der Waals surface area contributed by atoms with Crippen LogP contribution >= 0.6 is 11.8 Å². The summed E-state index contributed by atoms with van der Waals surface area (Å²) in [5.74, 6) is -0.356. The van der Waals surface area contributed by atoms with Crippen molar-refractivity contribution in [3.8, 4) is 5.75 Å². The Hall–Kier alpha value is -1.89. The molecule has 7 heteroatoms. The van der Waals surface area contributed by atoms with Crippen LogP contribution in [0.5, 0.6) is 5.75 Å². The average Bonchev–Trinajstić information content (AvgIpc) is 2.30. The van der Waals surface area contributed by atoms with Gasteiger partial charge in [-0.05, 0) is 34.5 Å². The van der Waals surface area contributed by atoms with Gasteiger partial charge < -0.3 is 15.2 Å². The van der Waals surface area contributed by atoms with Crippen LogP contribution in [0.2, 0.25) is 0 Å². The van der Waals surface area contributed by atoms with Gasteiger partial charge in [-0.2, -0.15) is 0 Å². The van der Waals surface area contributed by atoms with Crippen LogP contribution in [0.4, 0.5) is 5.82 Å². The fourth-order valence-electron chi connectivity index (χ4n) is 1.16. The number of thioether (sulfide) groups is 1. The fraction of sp³-hybridized carbons (Fsp3) is 0.273. The van der Waals surface area contributed by atoms with Gasteiger partial charge in [-0.25, -0.2) is 0 Å². The molecular weight excluding hydrogens is 256 g/mol. The molecular formula is C11H12N2O4S. The van der Waals surface area contributed by atoms with Crippen LogP contribution in [0.15, 0.2) is 18.2 Å². The maximum Gasteiger partial charge on any atom is 0.406 e. The first-order chi connectivity index (χ1) is 8.50. The number of aromatic hydroxyl groups is 1. The minimum Gasteiger partial charge on any atom is -0.501 e. The van der Waals surface area contributed by atoms with Crippen LogP contribution in [0.3, 0.4) is 0 Å². The topological polar surface area (TPSA) is 93.3 Å². The quantitative estimate of drug-likeness (QED) is 0.500. The Labute approximate surface area is 108 Å². The van der Waals surface area contributed by atoms with Gasteiger partial charge in [0.25, 0.3) is 0 Å². The molecule has 0 aliphatic carbocycles. The van der Waals surface area contributed by atoms with Crippen LogP contribution in [-0.4, -0.2) is 25.9 Å². The van der Waals surface area contributed by atoms with Crippen molar-refractivity contribution in [1.82, 2.24) is 4.98 Å². The molecule has 0 fully saturated rings. The van der Waals surface area contributed by atoms with Gasteiger partial charge in [-0.15, -0.1) is 0 Å². The maximum atomic E-state index is 10.7. The average molecular weight is 268 g/mol. The van der Waals surface area contributed by atoms with E-state index in [0.717, 1.165) is 0 Å². The molecule has 0 aliphatic rings. The van der Waals surface area contributed by atoms with E-state index in [0.29, 0.717) is 17.9 Å². The second-order valence-electron chi connectivity index (χ2n) is 3.37. The van der Waals surface area contributed by atoms with Crippen molar-refractivity contribution < 1.29 is 14.8 Å². The number of hydrogen-bond acceptors (Lipinski definition) is 6. The van der Waals surface area contributed by atoms with Gasteiger partial charge in [0.2, 0.25) is 5.75 Å². The summed E-state index contributed by atoms with van der Waals surface area (Å²) in [5, 5.41) is 19.8. The van der Waals surface area contributed by atoms with Gasteiger partial charge in [-0.1, -0.05) is 17.8 Å². The molecule has 1 aromatic rings. The highest BCUT2D eigenvalue weighted by atomic mass is 32.2. The smallest absolute Gasteiger partial charge is 0.406 e. The van der Waals surface area contributed by atoms with E-state index in [2.05, 4.69) is 4.98 Å². The number of allylic oxidation sites excluding steroid dienone is 1. The molecule has 1 aromatic heterocycles. The fourth-order valence-corrected chi connectivity index (χ4v) is 1.70. The van der Waals surface area contributed by atoms with Crippen molar-refractivity contribution in [2.45, 2.75) is 13.3 Å². The van der Waals surface area contributed by atoms with Crippen LogP contribution in [0, 0.1) is 10.1 Å². The molecule has 96 valence electrons. The van der Waals surface area contributed by atoms with Crippen molar-refractivity contribution in [2.24, 2.45) is 0 Å². The van der Waals surface area contributed by atoms with E-state index < -0.39 is 16.5 Å². The number of nitrogens with zero attached hydrogens (tertiary/aromatic N) is 2. The van der Waals surface area contributed by atoms with E-state index in [-0.39, 0.29) is 5.12 Å². The summed E-state index contributed by atoms with van der Waals surface area (Å²) in [6.45, 7) is 1.50. The number of hydrogen-bond donors (Lipinski definition) is 1. The zero-order chi connectivity index (χ0) is 13.5. The van der Waals surface area contributed by atoms with E-state index in [1.54, 1.807) is 12.2 Å². The molecule has 1 N–H and O–H groups in total. The summed E-state index contributed by atoms with van der Waals surface area (Å²) in [6, 6.07) is 2.71. The summed E-state index contributed by atoms with van der Waals surface area (Å²) < 4.78 is 0. The van der Waals surface area contributed by atoms with Gasteiger partial charge >= 0.3 is 5.82 Å². The van der Waals surface area contributed by atoms with Gasteiger partial charge in [0.15, 0.2) is 10.8 Å². The standard InChI is InChI=1S/C11H12N2O4S/c1-8(14)18-7-3-2-4-9-5-6-10(15)11(12-9)13(16)17/h2,4-6,15H,3,7H2,1H3. The Bertz CT molecular complexity index is 488.